The summed E-state index contributed by atoms with van der Waals surface area (Å²) in [6, 6.07) is 51.1. The lowest BCUT2D eigenvalue weighted by molar-refractivity contribution is 0.401. The van der Waals surface area contributed by atoms with Crippen molar-refractivity contribution in [3.05, 3.63) is 156 Å². The first kappa shape index (κ1) is 35.1. The van der Waals surface area contributed by atoms with Crippen LogP contribution in [-0.4, -0.2) is 0 Å². The van der Waals surface area contributed by atoms with Crippen LogP contribution in [-0.2, 0) is 5.41 Å². The molecular formula is C53H54. The summed E-state index contributed by atoms with van der Waals surface area (Å²) in [7, 11) is 0. The highest BCUT2D eigenvalue weighted by atomic mass is 14.4. The van der Waals surface area contributed by atoms with E-state index in [2.05, 4.69) is 161 Å². The molecule has 266 valence electrons. The van der Waals surface area contributed by atoms with Crippen LogP contribution in [0, 0.1) is 13.8 Å². The number of unbranched alkanes of at least 4 members (excludes halogenated alkanes) is 6. The smallest absolute Gasteiger partial charge is 0.0215 e. The second-order valence-electron chi connectivity index (χ2n) is 15.8. The zero-order valence-electron chi connectivity index (χ0n) is 32.3. The summed E-state index contributed by atoms with van der Waals surface area (Å²) in [4.78, 5) is 0. The fourth-order valence-electron chi connectivity index (χ4n) is 9.46. The van der Waals surface area contributed by atoms with E-state index in [1.807, 2.05) is 0 Å². The maximum atomic E-state index is 2.58. The molecule has 1 aliphatic carbocycles. The average Bonchev–Trinajstić information content (AvgIpc) is 3.45. The Hall–Kier alpha value is -4.94. The highest BCUT2D eigenvalue weighted by Gasteiger charge is 2.42. The molecule has 1 aliphatic rings. The fraction of sp³-hybridized carbons (Fsp3) is 0.283. The van der Waals surface area contributed by atoms with Crippen LogP contribution in [0.2, 0.25) is 0 Å². The van der Waals surface area contributed by atoms with Crippen LogP contribution in [0.15, 0.2) is 133 Å². The second kappa shape index (κ2) is 15.2. The summed E-state index contributed by atoms with van der Waals surface area (Å²) < 4.78 is 0. The van der Waals surface area contributed by atoms with Crippen molar-refractivity contribution in [3.8, 4) is 44.5 Å². The summed E-state index contributed by atoms with van der Waals surface area (Å²) in [5.41, 5.74) is 16.6. The molecule has 7 aromatic rings. The predicted octanol–water partition coefficient (Wildman–Crippen LogP) is 15.8. The lowest BCUT2D eigenvalue weighted by atomic mass is 9.70. The van der Waals surface area contributed by atoms with Crippen LogP contribution < -0.4 is 0 Å². The molecule has 0 fully saturated rings. The van der Waals surface area contributed by atoms with Crippen LogP contribution in [0.5, 0.6) is 0 Å². The van der Waals surface area contributed by atoms with Crippen LogP contribution in [0.25, 0.3) is 66.1 Å². The van der Waals surface area contributed by atoms with E-state index in [9.17, 15) is 0 Å². The second-order valence-corrected chi connectivity index (χ2v) is 15.8. The number of rotatable bonds is 13. The third-order valence-corrected chi connectivity index (χ3v) is 12.2. The molecule has 53 heavy (non-hydrogen) atoms. The van der Waals surface area contributed by atoms with Crippen molar-refractivity contribution in [3.63, 3.8) is 0 Å². The Labute approximate surface area is 317 Å². The minimum Gasteiger partial charge on any atom is -0.0654 e. The first-order valence-electron chi connectivity index (χ1n) is 20.4. The van der Waals surface area contributed by atoms with Gasteiger partial charge in [-0.15, -0.1) is 0 Å². The first-order chi connectivity index (χ1) is 26.0. The maximum absolute atomic E-state index is 2.58. The average molecular weight is 691 g/mol. The molecule has 0 saturated heterocycles. The molecule has 0 amide bonds. The molecular weight excluding hydrogens is 637 g/mol. The van der Waals surface area contributed by atoms with Crippen molar-refractivity contribution in [2.75, 3.05) is 0 Å². The summed E-state index contributed by atoms with van der Waals surface area (Å²) in [5.74, 6) is 0. The van der Waals surface area contributed by atoms with Gasteiger partial charge in [0.1, 0.15) is 0 Å². The molecule has 0 aliphatic heterocycles. The van der Waals surface area contributed by atoms with E-state index in [4.69, 9.17) is 0 Å². The summed E-state index contributed by atoms with van der Waals surface area (Å²) in [6.07, 6.45) is 12.9. The Morgan fingerprint density at radius 3 is 1.30 bits per heavy atom. The van der Waals surface area contributed by atoms with Gasteiger partial charge in [-0.1, -0.05) is 204 Å². The zero-order valence-corrected chi connectivity index (χ0v) is 32.3. The number of benzene rings is 7. The van der Waals surface area contributed by atoms with Crippen molar-refractivity contribution in [2.45, 2.75) is 97.3 Å². The fourth-order valence-corrected chi connectivity index (χ4v) is 9.46. The van der Waals surface area contributed by atoms with Gasteiger partial charge in [0.25, 0.3) is 0 Å². The Morgan fingerprint density at radius 2 is 0.792 bits per heavy atom. The number of hydrogen-bond donors (Lipinski definition) is 0. The first-order valence-corrected chi connectivity index (χ1v) is 20.4. The molecule has 0 saturated carbocycles. The molecule has 0 heterocycles. The molecule has 0 radical (unpaired) electrons. The van der Waals surface area contributed by atoms with E-state index < -0.39 is 0 Å². The van der Waals surface area contributed by atoms with Crippen molar-refractivity contribution in [1.29, 1.82) is 0 Å². The zero-order chi connectivity index (χ0) is 36.4. The van der Waals surface area contributed by atoms with Gasteiger partial charge in [-0.25, -0.2) is 0 Å². The van der Waals surface area contributed by atoms with Crippen molar-refractivity contribution in [1.82, 2.24) is 0 Å². The lowest BCUT2D eigenvalue weighted by Gasteiger charge is -2.33. The normalized spacial score (nSPS) is 13.1. The Balaban J connectivity index is 1.22. The van der Waals surface area contributed by atoms with Gasteiger partial charge in [-0.05, 0) is 110 Å². The van der Waals surface area contributed by atoms with Crippen molar-refractivity contribution >= 4 is 21.5 Å². The van der Waals surface area contributed by atoms with E-state index >= 15 is 0 Å². The van der Waals surface area contributed by atoms with Crippen molar-refractivity contribution < 1.29 is 0 Å². The van der Waals surface area contributed by atoms with E-state index in [-0.39, 0.29) is 5.41 Å². The van der Waals surface area contributed by atoms with Gasteiger partial charge in [0, 0.05) is 5.41 Å². The van der Waals surface area contributed by atoms with Gasteiger partial charge in [-0.3, -0.25) is 0 Å². The topological polar surface area (TPSA) is 0 Å². The maximum Gasteiger partial charge on any atom is 0.0215 e. The van der Waals surface area contributed by atoms with Crippen molar-refractivity contribution in [2.24, 2.45) is 0 Å². The Kier molecular flexibility index (Phi) is 10.1. The molecule has 0 unspecified atom stereocenters. The molecule has 0 heteroatoms. The molecule has 8 rings (SSSR count). The molecule has 0 N–H and O–H groups in total. The van der Waals surface area contributed by atoms with Gasteiger partial charge >= 0.3 is 0 Å². The predicted molar refractivity (Wildman–Crippen MR) is 231 cm³/mol. The van der Waals surface area contributed by atoms with Gasteiger partial charge in [-0.2, -0.15) is 0 Å². The number of fused-ring (bicyclic) bond motifs is 5. The van der Waals surface area contributed by atoms with E-state index in [0.29, 0.717) is 0 Å². The molecule has 0 spiro atoms. The summed E-state index contributed by atoms with van der Waals surface area (Å²) in [6.45, 7) is 9.09. The number of hydrogen-bond acceptors (Lipinski definition) is 0. The van der Waals surface area contributed by atoms with Crippen LogP contribution in [0.1, 0.15) is 100 Å². The van der Waals surface area contributed by atoms with E-state index in [1.165, 1.54) is 141 Å². The highest BCUT2D eigenvalue weighted by molar-refractivity contribution is 6.21. The Bertz CT molecular complexity index is 2300. The van der Waals surface area contributed by atoms with Gasteiger partial charge in [0.15, 0.2) is 0 Å². The van der Waals surface area contributed by atoms with Gasteiger partial charge in [0.2, 0.25) is 0 Å². The van der Waals surface area contributed by atoms with Gasteiger partial charge in [0.05, 0.1) is 0 Å². The monoisotopic (exact) mass is 690 g/mol. The molecule has 0 atom stereocenters. The summed E-state index contributed by atoms with van der Waals surface area (Å²) in [5, 5.41) is 5.21. The highest BCUT2D eigenvalue weighted by Crippen LogP contribution is 2.55. The lowest BCUT2D eigenvalue weighted by Crippen LogP contribution is -2.25. The third kappa shape index (κ3) is 6.52. The van der Waals surface area contributed by atoms with E-state index in [0.717, 1.165) is 0 Å². The molecule has 7 aromatic carbocycles. The van der Waals surface area contributed by atoms with Gasteiger partial charge < -0.3 is 0 Å². The van der Waals surface area contributed by atoms with Crippen LogP contribution in [0.4, 0.5) is 0 Å². The molecule has 0 aromatic heterocycles. The summed E-state index contributed by atoms with van der Waals surface area (Å²) >= 11 is 0. The Morgan fingerprint density at radius 1 is 0.377 bits per heavy atom. The van der Waals surface area contributed by atoms with Crippen LogP contribution in [0.3, 0.4) is 0 Å². The van der Waals surface area contributed by atoms with E-state index in [1.54, 1.807) is 11.1 Å². The van der Waals surface area contributed by atoms with Crippen LogP contribution >= 0.6 is 0 Å². The largest absolute Gasteiger partial charge is 0.0654 e. The molecule has 0 bridgehead atoms. The SMILES string of the molecule is CCCCCCC1(CCCCCC)c2cc(C)ccc2-c2ccc(-c3ccc(-c4c5ccccc5c(-c5ccc(C)cc5)c5ccccc45)cc3)cc21. The quantitative estimate of drug-likeness (QED) is 0.0834. The number of aryl methyl sites for hydroxylation is 2. The molecule has 0 nitrogen and oxygen atoms in total. The standard InChI is InChI=1S/C53H54/c1-5-7-9-15-33-53(34-16-10-8-6-2)49-35-38(4)23-31-43(49)44-32-30-42(36-50(44)53)39-26-28-41(29-27-39)52-47-19-13-11-17-45(47)51(40-24-21-37(3)22-25-40)46-18-12-14-20-48(46)52/h11-14,17-32,35-36H,5-10,15-16,33-34H2,1-4H3. The third-order valence-electron chi connectivity index (χ3n) is 12.2. The minimum absolute atomic E-state index is 0.0884. The minimum atomic E-state index is 0.0884.